The molecule has 0 bridgehead atoms. The van der Waals surface area contributed by atoms with Crippen molar-refractivity contribution in [2.24, 2.45) is 7.05 Å². The minimum atomic E-state index is -3.88. The average Bonchev–Trinajstić information content (AvgIpc) is 2.86. The molecule has 1 aromatic carbocycles. The van der Waals surface area contributed by atoms with Crippen molar-refractivity contribution in [1.82, 2.24) is 9.29 Å². The molecule has 1 aliphatic rings. The first-order valence-corrected chi connectivity index (χ1v) is 9.32. The number of amides is 1. The van der Waals surface area contributed by atoms with Crippen molar-refractivity contribution in [2.75, 3.05) is 11.9 Å². The number of anilines is 1. The van der Waals surface area contributed by atoms with Gasteiger partial charge in [-0.15, -0.1) is 0 Å². The first-order valence-electron chi connectivity index (χ1n) is 7.83. The van der Waals surface area contributed by atoms with Crippen molar-refractivity contribution in [3.8, 4) is 5.75 Å². The number of nitrogens with zero attached hydrogens (tertiary/aromatic N) is 1. The molecule has 146 valence electrons. The van der Waals surface area contributed by atoms with Crippen LogP contribution in [0.3, 0.4) is 0 Å². The number of hydrogen-bond acceptors (Lipinski definition) is 4. The Morgan fingerprint density at radius 3 is 2.78 bits per heavy atom. The summed E-state index contributed by atoms with van der Waals surface area (Å²) in [7, 11) is -2.44. The number of benzene rings is 1. The number of halogens is 3. The van der Waals surface area contributed by atoms with Gasteiger partial charge in [0.1, 0.15) is 17.3 Å². The van der Waals surface area contributed by atoms with Gasteiger partial charge in [0.25, 0.3) is 12.3 Å². The predicted molar refractivity (Wildman–Crippen MR) is 90.0 cm³/mol. The lowest BCUT2D eigenvalue weighted by atomic mass is 10.2. The van der Waals surface area contributed by atoms with E-state index in [9.17, 15) is 26.4 Å². The van der Waals surface area contributed by atoms with Crippen LogP contribution in [0.25, 0.3) is 0 Å². The molecule has 0 radical (unpaired) electrons. The summed E-state index contributed by atoms with van der Waals surface area (Å²) < 4.78 is 72.9. The fraction of sp³-hybridized carbons (Fsp3) is 0.312. The van der Waals surface area contributed by atoms with E-state index in [4.69, 9.17) is 4.74 Å². The average molecular weight is 403 g/mol. The number of nitrogens with one attached hydrogen (secondary N) is 2. The molecule has 1 aliphatic heterocycles. The number of rotatable bonds is 3. The van der Waals surface area contributed by atoms with Crippen molar-refractivity contribution < 1.29 is 31.1 Å². The van der Waals surface area contributed by atoms with Gasteiger partial charge in [0.2, 0.25) is 10.0 Å². The molecule has 3 rings (SSSR count). The molecule has 0 saturated heterocycles. The fourth-order valence-electron chi connectivity index (χ4n) is 2.72. The van der Waals surface area contributed by atoms with Crippen LogP contribution in [0.15, 0.2) is 29.3 Å². The van der Waals surface area contributed by atoms with E-state index in [1.165, 1.54) is 17.8 Å². The Morgan fingerprint density at radius 2 is 2.11 bits per heavy atom. The molecule has 0 spiro atoms. The Morgan fingerprint density at radius 1 is 1.41 bits per heavy atom. The summed E-state index contributed by atoms with van der Waals surface area (Å²) in [6.07, 6.45) is -1.82. The van der Waals surface area contributed by atoms with Gasteiger partial charge in [-0.1, -0.05) is 0 Å². The minimum Gasteiger partial charge on any atom is -0.488 e. The monoisotopic (exact) mass is 403 g/mol. The third-order valence-corrected chi connectivity index (χ3v) is 5.51. The lowest BCUT2D eigenvalue weighted by Crippen LogP contribution is -2.34. The molecular weight excluding hydrogens is 387 g/mol. The lowest BCUT2D eigenvalue weighted by Gasteiger charge is -2.12. The summed E-state index contributed by atoms with van der Waals surface area (Å²) in [5.74, 6) is -2.01. The van der Waals surface area contributed by atoms with Gasteiger partial charge in [0.05, 0.1) is 11.6 Å². The molecule has 27 heavy (non-hydrogen) atoms. The van der Waals surface area contributed by atoms with Crippen LogP contribution >= 0.6 is 0 Å². The zero-order chi connectivity index (χ0) is 19.9. The first kappa shape index (κ1) is 19.2. The molecule has 2 heterocycles. The van der Waals surface area contributed by atoms with E-state index in [1.54, 1.807) is 6.92 Å². The van der Waals surface area contributed by atoms with Crippen molar-refractivity contribution in [2.45, 2.75) is 24.3 Å². The molecule has 1 unspecified atom stereocenters. The number of hydrogen-bond donors (Lipinski definition) is 2. The van der Waals surface area contributed by atoms with Crippen LogP contribution in [-0.4, -0.2) is 31.5 Å². The summed E-state index contributed by atoms with van der Waals surface area (Å²) in [5, 5.41) is 2.36. The Hall–Kier alpha value is -2.53. The van der Waals surface area contributed by atoms with Gasteiger partial charge in [-0.05, 0) is 25.1 Å². The molecule has 2 aromatic rings. The summed E-state index contributed by atoms with van der Waals surface area (Å²) in [4.78, 5) is 12.4. The third kappa shape index (κ3) is 3.65. The van der Waals surface area contributed by atoms with Crippen molar-refractivity contribution in [1.29, 1.82) is 0 Å². The van der Waals surface area contributed by atoms with Crippen LogP contribution in [0.2, 0.25) is 0 Å². The smallest absolute Gasteiger partial charge is 0.276 e. The van der Waals surface area contributed by atoms with Crippen molar-refractivity contribution >= 4 is 21.6 Å². The van der Waals surface area contributed by atoms with Crippen LogP contribution in [-0.2, 0) is 17.1 Å². The summed E-state index contributed by atoms with van der Waals surface area (Å²) >= 11 is 0. The highest BCUT2D eigenvalue weighted by atomic mass is 32.2. The molecule has 1 atom stereocenters. The number of sulfonamides is 1. The normalized spacial score (nSPS) is 18.5. The summed E-state index contributed by atoms with van der Waals surface area (Å²) in [6, 6.07) is 2.26. The molecule has 0 aliphatic carbocycles. The molecule has 11 heteroatoms. The van der Waals surface area contributed by atoms with E-state index >= 15 is 0 Å². The summed E-state index contributed by atoms with van der Waals surface area (Å²) in [6.45, 7) is 1.61. The van der Waals surface area contributed by atoms with E-state index in [1.807, 2.05) is 0 Å². The van der Waals surface area contributed by atoms with Crippen molar-refractivity contribution in [3.63, 3.8) is 0 Å². The highest BCUT2D eigenvalue weighted by Gasteiger charge is 2.33. The number of fused-ring (bicyclic) bond motifs is 1. The third-order valence-electron chi connectivity index (χ3n) is 3.93. The second kappa shape index (κ2) is 6.89. The van der Waals surface area contributed by atoms with Gasteiger partial charge in [-0.2, -0.15) is 0 Å². The quantitative estimate of drug-likeness (QED) is 0.824. The van der Waals surface area contributed by atoms with E-state index in [-0.39, 0.29) is 28.6 Å². The summed E-state index contributed by atoms with van der Waals surface area (Å²) in [5.41, 5.74) is -1.02. The molecule has 2 N–H and O–H groups in total. The highest BCUT2D eigenvalue weighted by Crippen LogP contribution is 2.33. The Balaban J connectivity index is 1.98. The first-order chi connectivity index (χ1) is 12.6. The molecule has 1 aromatic heterocycles. The van der Waals surface area contributed by atoms with E-state index < -0.39 is 39.8 Å². The maximum Gasteiger partial charge on any atom is 0.276 e. The van der Waals surface area contributed by atoms with Gasteiger partial charge in [-0.3, -0.25) is 4.79 Å². The number of carbonyl (C=O) groups is 1. The van der Waals surface area contributed by atoms with E-state index in [0.717, 1.165) is 18.2 Å². The van der Waals surface area contributed by atoms with E-state index in [0.29, 0.717) is 0 Å². The SMILES string of the molecule is CC1COc2c(cn(C)c2C(=O)Nc2ccc(F)c(C(F)F)c2)S(=O)(=O)N1. The van der Waals surface area contributed by atoms with Crippen molar-refractivity contribution in [3.05, 3.63) is 41.5 Å². The largest absolute Gasteiger partial charge is 0.488 e. The van der Waals surface area contributed by atoms with Crippen LogP contribution in [0.1, 0.15) is 29.4 Å². The van der Waals surface area contributed by atoms with E-state index in [2.05, 4.69) is 10.0 Å². The Kier molecular flexibility index (Phi) is 4.91. The topological polar surface area (TPSA) is 89.4 Å². The number of ether oxygens (including phenoxy) is 1. The number of aryl methyl sites for hydroxylation is 1. The van der Waals surface area contributed by atoms with Gasteiger partial charge < -0.3 is 14.6 Å². The second-order valence-corrected chi connectivity index (χ2v) is 7.79. The second-order valence-electron chi connectivity index (χ2n) is 6.11. The number of alkyl halides is 2. The minimum absolute atomic E-state index is 0.00258. The molecule has 0 fully saturated rings. The molecular formula is C16H16F3N3O4S. The predicted octanol–water partition coefficient (Wildman–Crippen LogP) is 2.41. The molecule has 1 amide bonds. The Labute approximate surface area is 153 Å². The Bertz CT molecular complexity index is 1000. The highest BCUT2D eigenvalue weighted by molar-refractivity contribution is 7.89. The molecule has 7 nitrogen and oxygen atoms in total. The van der Waals surface area contributed by atoms with Crippen LogP contribution < -0.4 is 14.8 Å². The zero-order valence-corrected chi connectivity index (χ0v) is 15.1. The van der Waals surface area contributed by atoms with Crippen LogP contribution in [0, 0.1) is 5.82 Å². The molecule has 0 saturated carbocycles. The fourth-order valence-corrected chi connectivity index (χ4v) is 4.14. The van der Waals surface area contributed by atoms with Gasteiger partial charge in [0.15, 0.2) is 11.4 Å². The number of aromatic nitrogens is 1. The van der Waals surface area contributed by atoms with Crippen LogP contribution in [0.5, 0.6) is 5.75 Å². The standard InChI is InChI=1S/C16H16F3N3O4S/c1-8-7-26-14-12(27(24,25)21-8)6-22(2)13(14)16(23)20-9-3-4-11(17)10(5-9)15(18)19/h3-6,8,15,21H,7H2,1-2H3,(H,20,23). The van der Waals surface area contributed by atoms with Gasteiger partial charge >= 0.3 is 0 Å². The maximum atomic E-state index is 13.4. The zero-order valence-electron chi connectivity index (χ0n) is 14.3. The van der Waals surface area contributed by atoms with Gasteiger partial charge in [0, 0.05) is 18.9 Å². The maximum absolute atomic E-state index is 13.4. The van der Waals surface area contributed by atoms with Crippen LogP contribution in [0.4, 0.5) is 18.9 Å². The lowest BCUT2D eigenvalue weighted by molar-refractivity contribution is 0.101. The van der Waals surface area contributed by atoms with Gasteiger partial charge in [-0.25, -0.2) is 26.3 Å². The number of carbonyl (C=O) groups excluding carboxylic acids is 1.